The fraction of sp³-hybridized carbons (Fsp3) is 0.250. The van der Waals surface area contributed by atoms with Gasteiger partial charge in [-0.05, 0) is 18.9 Å². The second-order valence-electron chi connectivity index (χ2n) is 4.58. The Balaban J connectivity index is 2.02. The molecule has 1 N–H and O–H groups in total. The molecule has 3 rings (SSSR count). The summed E-state index contributed by atoms with van der Waals surface area (Å²) < 4.78 is 1.43. The average Bonchev–Trinajstić information content (AvgIpc) is 3.15. The molecule has 0 radical (unpaired) electrons. The van der Waals surface area contributed by atoms with E-state index in [9.17, 15) is 14.9 Å². The predicted molar refractivity (Wildman–Crippen MR) is 66.9 cm³/mol. The first-order chi connectivity index (χ1) is 9.56. The van der Waals surface area contributed by atoms with Gasteiger partial charge in [0.05, 0.1) is 10.6 Å². The summed E-state index contributed by atoms with van der Waals surface area (Å²) in [7, 11) is 0. The number of carboxylic acids is 1. The van der Waals surface area contributed by atoms with E-state index in [0.717, 1.165) is 30.8 Å². The summed E-state index contributed by atoms with van der Waals surface area (Å²) in [6.45, 7) is 0. The molecule has 102 valence electrons. The maximum atomic E-state index is 11.1. The van der Waals surface area contributed by atoms with Crippen LogP contribution < -0.4 is 0 Å². The molecule has 0 aliphatic heterocycles. The number of rotatable bonds is 4. The highest BCUT2D eigenvalue weighted by Gasteiger charge is 2.26. The number of aromatic nitrogens is 3. The van der Waals surface area contributed by atoms with E-state index in [0.29, 0.717) is 5.92 Å². The zero-order valence-corrected chi connectivity index (χ0v) is 10.3. The Morgan fingerprint density at radius 3 is 2.85 bits per heavy atom. The van der Waals surface area contributed by atoms with Crippen molar-refractivity contribution in [1.29, 1.82) is 0 Å². The van der Waals surface area contributed by atoms with Crippen molar-refractivity contribution in [3.63, 3.8) is 0 Å². The molecule has 20 heavy (non-hydrogen) atoms. The molecule has 2 aromatic heterocycles. The minimum Gasteiger partial charge on any atom is -0.477 e. The fourth-order valence-electron chi connectivity index (χ4n) is 1.94. The van der Waals surface area contributed by atoms with Crippen LogP contribution in [0.5, 0.6) is 0 Å². The van der Waals surface area contributed by atoms with Crippen molar-refractivity contribution in [2.75, 3.05) is 0 Å². The van der Waals surface area contributed by atoms with Crippen molar-refractivity contribution in [2.24, 2.45) is 0 Å². The molecule has 2 aromatic rings. The monoisotopic (exact) mass is 274 g/mol. The second-order valence-corrected chi connectivity index (χ2v) is 4.58. The molecule has 1 aliphatic rings. The van der Waals surface area contributed by atoms with Gasteiger partial charge in [0.1, 0.15) is 11.8 Å². The lowest BCUT2D eigenvalue weighted by Crippen LogP contribution is -2.07. The number of hydrogen-bond acceptors (Lipinski definition) is 5. The highest BCUT2D eigenvalue weighted by molar-refractivity contribution is 5.92. The number of carbonyl (C=O) groups is 1. The molecule has 0 bridgehead atoms. The summed E-state index contributed by atoms with van der Waals surface area (Å²) in [6, 6.07) is 3.01. The quantitative estimate of drug-likeness (QED) is 0.671. The molecule has 1 aliphatic carbocycles. The van der Waals surface area contributed by atoms with E-state index in [1.807, 2.05) is 6.07 Å². The average molecular weight is 274 g/mol. The maximum Gasteiger partial charge on any atom is 0.342 e. The van der Waals surface area contributed by atoms with E-state index in [4.69, 9.17) is 5.11 Å². The topological polar surface area (TPSA) is 111 Å². The van der Waals surface area contributed by atoms with E-state index in [-0.39, 0.29) is 5.82 Å². The van der Waals surface area contributed by atoms with Gasteiger partial charge < -0.3 is 5.11 Å². The van der Waals surface area contributed by atoms with Crippen LogP contribution in [0, 0.1) is 10.1 Å². The lowest BCUT2D eigenvalue weighted by atomic mass is 10.2. The van der Waals surface area contributed by atoms with Crippen molar-refractivity contribution in [3.8, 4) is 5.82 Å². The minimum atomic E-state index is -1.37. The standard InChI is InChI=1S/C12H10N4O4/c17-12(18)8-5-11(13-6-10(8)16(19)20)15-4-3-9(14-15)7-1-2-7/h3-7H,1-2H2,(H,17,18). The zero-order valence-electron chi connectivity index (χ0n) is 10.3. The van der Waals surface area contributed by atoms with E-state index in [1.54, 1.807) is 6.20 Å². The third kappa shape index (κ3) is 2.11. The third-order valence-corrected chi connectivity index (χ3v) is 3.14. The zero-order chi connectivity index (χ0) is 14.3. The van der Waals surface area contributed by atoms with Crippen LogP contribution in [-0.4, -0.2) is 30.8 Å². The van der Waals surface area contributed by atoms with Crippen LogP contribution in [0.2, 0.25) is 0 Å². The maximum absolute atomic E-state index is 11.1. The Morgan fingerprint density at radius 1 is 1.50 bits per heavy atom. The highest BCUT2D eigenvalue weighted by Crippen LogP contribution is 2.39. The third-order valence-electron chi connectivity index (χ3n) is 3.14. The van der Waals surface area contributed by atoms with Gasteiger partial charge in [-0.1, -0.05) is 0 Å². The summed E-state index contributed by atoms with van der Waals surface area (Å²) >= 11 is 0. The Kier molecular flexibility index (Phi) is 2.70. The van der Waals surface area contributed by atoms with Crippen LogP contribution >= 0.6 is 0 Å². The number of nitro groups is 1. The molecule has 0 aromatic carbocycles. The van der Waals surface area contributed by atoms with E-state index >= 15 is 0 Å². The highest BCUT2D eigenvalue weighted by atomic mass is 16.6. The molecule has 0 atom stereocenters. The van der Waals surface area contributed by atoms with Crippen LogP contribution in [-0.2, 0) is 0 Å². The smallest absolute Gasteiger partial charge is 0.342 e. The Morgan fingerprint density at radius 2 is 2.25 bits per heavy atom. The van der Waals surface area contributed by atoms with Gasteiger partial charge in [-0.25, -0.2) is 14.5 Å². The summed E-state index contributed by atoms with van der Waals surface area (Å²) in [5.41, 5.74) is 0.00122. The van der Waals surface area contributed by atoms with Gasteiger partial charge in [-0.15, -0.1) is 0 Å². The SMILES string of the molecule is O=C(O)c1cc(-n2ccc(C3CC3)n2)ncc1[N+](=O)[O-]. The van der Waals surface area contributed by atoms with Crippen molar-refractivity contribution in [1.82, 2.24) is 14.8 Å². The van der Waals surface area contributed by atoms with Crippen LogP contribution in [0.3, 0.4) is 0 Å². The van der Waals surface area contributed by atoms with Gasteiger partial charge in [0.15, 0.2) is 5.82 Å². The lowest BCUT2D eigenvalue weighted by molar-refractivity contribution is -0.385. The van der Waals surface area contributed by atoms with Crippen molar-refractivity contribution < 1.29 is 14.8 Å². The molecule has 1 saturated carbocycles. The normalized spacial score (nSPS) is 14.2. The van der Waals surface area contributed by atoms with Gasteiger partial charge in [0.2, 0.25) is 0 Å². The first-order valence-electron chi connectivity index (χ1n) is 6.00. The van der Waals surface area contributed by atoms with E-state index in [2.05, 4.69) is 10.1 Å². The van der Waals surface area contributed by atoms with Gasteiger partial charge >= 0.3 is 11.7 Å². The van der Waals surface area contributed by atoms with Crippen molar-refractivity contribution in [3.05, 3.63) is 45.9 Å². The summed E-state index contributed by atoms with van der Waals surface area (Å²) in [6.07, 6.45) is 4.82. The molecule has 2 heterocycles. The number of pyridine rings is 1. The number of nitrogens with zero attached hydrogens (tertiary/aromatic N) is 4. The molecular weight excluding hydrogens is 264 g/mol. The van der Waals surface area contributed by atoms with Crippen molar-refractivity contribution in [2.45, 2.75) is 18.8 Å². The first-order valence-corrected chi connectivity index (χ1v) is 6.00. The molecule has 0 unspecified atom stereocenters. The lowest BCUT2D eigenvalue weighted by Gasteiger charge is -2.02. The van der Waals surface area contributed by atoms with Crippen LogP contribution in [0.15, 0.2) is 24.5 Å². The number of aromatic carboxylic acids is 1. The first kappa shape index (κ1) is 12.3. The molecule has 8 heteroatoms. The predicted octanol–water partition coefficient (Wildman–Crippen LogP) is 1.75. The fourth-order valence-corrected chi connectivity index (χ4v) is 1.94. The van der Waals surface area contributed by atoms with Gasteiger partial charge in [0, 0.05) is 18.2 Å². The van der Waals surface area contributed by atoms with Gasteiger partial charge in [-0.2, -0.15) is 5.10 Å². The number of carboxylic acid groups (broad SMARTS) is 1. The molecule has 8 nitrogen and oxygen atoms in total. The Labute approximate surface area is 112 Å². The number of hydrogen-bond donors (Lipinski definition) is 1. The summed E-state index contributed by atoms with van der Waals surface area (Å²) in [4.78, 5) is 25.0. The molecule has 0 amide bonds. The van der Waals surface area contributed by atoms with E-state index < -0.39 is 22.1 Å². The summed E-state index contributed by atoms with van der Waals surface area (Å²) in [5.74, 6) is -0.650. The molecule has 0 saturated heterocycles. The van der Waals surface area contributed by atoms with E-state index in [1.165, 1.54) is 4.68 Å². The van der Waals surface area contributed by atoms with Crippen molar-refractivity contribution >= 4 is 11.7 Å². The Bertz CT molecular complexity index is 705. The van der Waals surface area contributed by atoms with Gasteiger partial charge in [-0.3, -0.25) is 10.1 Å². The van der Waals surface area contributed by atoms with Crippen LogP contribution in [0.25, 0.3) is 5.82 Å². The minimum absolute atomic E-state index is 0.250. The van der Waals surface area contributed by atoms with Crippen LogP contribution in [0.4, 0.5) is 5.69 Å². The molecule has 0 spiro atoms. The second kappa shape index (κ2) is 4.41. The molecule has 1 fully saturated rings. The Hall–Kier alpha value is -2.77. The molecular formula is C12H10N4O4. The van der Waals surface area contributed by atoms with Crippen LogP contribution in [0.1, 0.15) is 34.8 Å². The largest absolute Gasteiger partial charge is 0.477 e. The van der Waals surface area contributed by atoms with Gasteiger partial charge in [0.25, 0.3) is 0 Å². The summed E-state index contributed by atoms with van der Waals surface area (Å²) in [5, 5.41) is 24.1.